The molecule has 0 bridgehead atoms. The Balaban J connectivity index is 0.00000289. The standard InChI is InChI=1S/C23H20N2O5S.Na.H/c1-12(2)13-7-9-14(10-8-13)25-17-11-18(31(28,29)30)21(24)20-19(17)22(26)15-5-3-4-6-16(15)23(20)27;;/h3-12,25H,24H2,1-2H3,(H,28,29,30);;. The van der Waals surface area contributed by atoms with E-state index in [9.17, 15) is 22.6 Å². The number of nitrogens with one attached hydrogen (secondary N) is 1. The molecule has 4 rings (SSSR count). The second-order valence-electron chi connectivity index (χ2n) is 7.67. The molecule has 0 spiro atoms. The van der Waals surface area contributed by atoms with Crippen LogP contribution in [0.1, 0.15) is 57.2 Å². The van der Waals surface area contributed by atoms with Gasteiger partial charge in [-0.2, -0.15) is 8.42 Å². The summed E-state index contributed by atoms with van der Waals surface area (Å²) in [5.74, 6) is -0.716. The van der Waals surface area contributed by atoms with E-state index >= 15 is 0 Å². The van der Waals surface area contributed by atoms with Gasteiger partial charge in [-0.3, -0.25) is 14.1 Å². The van der Waals surface area contributed by atoms with Crippen molar-refractivity contribution < 1.29 is 22.6 Å². The van der Waals surface area contributed by atoms with E-state index in [4.69, 9.17) is 5.73 Å². The Bertz CT molecular complexity index is 1350. The molecule has 1 aliphatic rings. The van der Waals surface area contributed by atoms with E-state index in [1.807, 2.05) is 12.1 Å². The fraction of sp³-hybridized carbons (Fsp3) is 0.130. The fourth-order valence-electron chi connectivity index (χ4n) is 3.71. The van der Waals surface area contributed by atoms with Crippen LogP contribution in [0, 0.1) is 0 Å². The van der Waals surface area contributed by atoms with Crippen molar-refractivity contribution in [2.75, 3.05) is 11.1 Å². The van der Waals surface area contributed by atoms with Gasteiger partial charge in [0.05, 0.1) is 22.5 Å². The molecule has 0 saturated heterocycles. The number of carbonyl (C=O) groups is 2. The van der Waals surface area contributed by atoms with Gasteiger partial charge >= 0.3 is 29.6 Å². The van der Waals surface area contributed by atoms with Crippen molar-refractivity contribution in [3.05, 3.63) is 82.4 Å². The molecule has 0 atom stereocenters. The van der Waals surface area contributed by atoms with Gasteiger partial charge < -0.3 is 11.1 Å². The van der Waals surface area contributed by atoms with E-state index < -0.39 is 32.3 Å². The summed E-state index contributed by atoms with van der Waals surface area (Å²) in [6, 6.07) is 14.7. The summed E-state index contributed by atoms with van der Waals surface area (Å²) in [5.41, 5.74) is 7.35. The summed E-state index contributed by atoms with van der Waals surface area (Å²) >= 11 is 0. The second-order valence-corrected chi connectivity index (χ2v) is 9.06. The molecule has 9 heteroatoms. The molecule has 7 nitrogen and oxygen atoms in total. The fourth-order valence-corrected chi connectivity index (χ4v) is 4.36. The molecule has 0 heterocycles. The minimum atomic E-state index is -4.75. The summed E-state index contributed by atoms with van der Waals surface area (Å²) in [4.78, 5) is 25.8. The van der Waals surface area contributed by atoms with E-state index in [1.54, 1.807) is 24.3 Å². The Hall–Kier alpha value is -2.49. The summed E-state index contributed by atoms with van der Waals surface area (Å²) in [6.07, 6.45) is 0. The van der Waals surface area contributed by atoms with Crippen LogP contribution >= 0.6 is 0 Å². The third-order valence-corrected chi connectivity index (χ3v) is 6.23. The van der Waals surface area contributed by atoms with E-state index in [2.05, 4.69) is 19.2 Å². The Morgan fingerprint density at radius 1 is 0.906 bits per heavy atom. The van der Waals surface area contributed by atoms with Gasteiger partial charge in [0.2, 0.25) is 0 Å². The van der Waals surface area contributed by atoms with Crippen LogP contribution in [0.25, 0.3) is 0 Å². The third kappa shape index (κ3) is 4.12. The van der Waals surface area contributed by atoms with Crippen LogP contribution in [0.4, 0.5) is 17.1 Å². The summed E-state index contributed by atoms with van der Waals surface area (Å²) in [6.45, 7) is 4.11. The van der Waals surface area contributed by atoms with Gasteiger partial charge in [0.25, 0.3) is 10.1 Å². The average molecular weight is 460 g/mol. The van der Waals surface area contributed by atoms with Crippen molar-refractivity contribution >= 4 is 68.3 Å². The van der Waals surface area contributed by atoms with Gasteiger partial charge in [-0.25, -0.2) is 0 Å². The molecule has 160 valence electrons. The van der Waals surface area contributed by atoms with Gasteiger partial charge in [0, 0.05) is 16.8 Å². The first-order valence-electron chi connectivity index (χ1n) is 9.59. The van der Waals surface area contributed by atoms with E-state index in [-0.39, 0.29) is 57.5 Å². The van der Waals surface area contributed by atoms with Gasteiger partial charge in [0.1, 0.15) is 4.90 Å². The Kier molecular flexibility index (Phi) is 6.65. The monoisotopic (exact) mass is 460 g/mol. The third-order valence-electron chi connectivity index (χ3n) is 5.33. The molecule has 0 fully saturated rings. The van der Waals surface area contributed by atoms with Crippen molar-refractivity contribution in [1.82, 2.24) is 0 Å². The molecule has 4 N–H and O–H groups in total. The number of fused-ring (bicyclic) bond motifs is 2. The SMILES string of the molecule is CC(C)c1ccc(Nc2cc(S(=O)(=O)O)c(N)c3c2C(=O)c2ccccc2C3=O)cc1.[NaH]. The molecule has 3 aromatic carbocycles. The zero-order valence-corrected chi connectivity index (χ0v) is 17.7. The number of nitrogen functional groups attached to an aromatic ring is 1. The zero-order valence-electron chi connectivity index (χ0n) is 16.8. The predicted octanol–water partition coefficient (Wildman–Crippen LogP) is 3.51. The summed E-state index contributed by atoms with van der Waals surface area (Å²) in [5, 5.41) is 3.02. The maximum atomic E-state index is 13.3. The van der Waals surface area contributed by atoms with Crippen LogP contribution in [0.15, 0.2) is 59.5 Å². The Morgan fingerprint density at radius 3 is 1.94 bits per heavy atom. The minimum absolute atomic E-state index is 0. The van der Waals surface area contributed by atoms with Crippen molar-refractivity contribution in [2.24, 2.45) is 0 Å². The second kappa shape index (κ2) is 8.80. The molecule has 0 unspecified atom stereocenters. The average Bonchev–Trinajstić information content (AvgIpc) is 2.72. The quantitative estimate of drug-likeness (QED) is 0.242. The van der Waals surface area contributed by atoms with Crippen LogP contribution < -0.4 is 11.1 Å². The van der Waals surface area contributed by atoms with E-state index in [0.29, 0.717) is 11.6 Å². The van der Waals surface area contributed by atoms with Crippen LogP contribution in [0.2, 0.25) is 0 Å². The predicted molar refractivity (Wildman–Crippen MR) is 125 cm³/mol. The molecule has 3 aromatic rings. The zero-order chi connectivity index (χ0) is 22.5. The number of hydrogen-bond donors (Lipinski definition) is 3. The number of rotatable bonds is 4. The normalized spacial score (nSPS) is 12.8. The van der Waals surface area contributed by atoms with Crippen LogP contribution in [-0.2, 0) is 10.1 Å². The molecule has 0 aromatic heterocycles. The maximum absolute atomic E-state index is 13.3. The van der Waals surface area contributed by atoms with Gasteiger partial charge in [-0.15, -0.1) is 0 Å². The molecule has 0 aliphatic heterocycles. The molecule has 0 saturated carbocycles. The number of hydrogen-bond acceptors (Lipinski definition) is 6. The van der Waals surface area contributed by atoms with Gasteiger partial charge in [0.15, 0.2) is 11.6 Å². The van der Waals surface area contributed by atoms with Gasteiger partial charge in [-0.1, -0.05) is 50.2 Å². The van der Waals surface area contributed by atoms with Crippen molar-refractivity contribution in [3.63, 3.8) is 0 Å². The first kappa shape index (κ1) is 24.2. The number of nitrogens with two attached hydrogens (primary N) is 1. The van der Waals surface area contributed by atoms with Crippen LogP contribution in [0.3, 0.4) is 0 Å². The van der Waals surface area contributed by atoms with Crippen LogP contribution in [0.5, 0.6) is 0 Å². The van der Waals surface area contributed by atoms with Crippen molar-refractivity contribution in [1.29, 1.82) is 0 Å². The van der Waals surface area contributed by atoms with E-state index in [1.165, 1.54) is 12.1 Å². The van der Waals surface area contributed by atoms with Crippen LogP contribution in [-0.4, -0.2) is 54.1 Å². The molecule has 32 heavy (non-hydrogen) atoms. The summed E-state index contributed by atoms with van der Waals surface area (Å²) in [7, 11) is -4.75. The number of ketones is 2. The van der Waals surface area contributed by atoms with Gasteiger partial charge in [-0.05, 0) is 29.7 Å². The topological polar surface area (TPSA) is 127 Å². The van der Waals surface area contributed by atoms with Crippen molar-refractivity contribution in [2.45, 2.75) is 24.7 Å². The van der Waals surface area contributed by atoms with E-state index in [0.717, 1.165) is 11.6 Å². The number of carbonyl (C=O) groups excluding carboxylic acids is 2. The number of benzene rings is 3. The van der Waals surface area contributed by atoms with Crippen molar-refractivity contribution in [3.8, 4) is 0 Å². The molecular weight excluding hydrogens is 439 g/mol. The molecule has 1 aliphatic carbocycles. The number of anilines is 3. The first-order chi connectivity index (χ1) is 14.6. The first-order valence-corrected chi connectivity index (χ1v) is 11.0. The molecule has 0 radical (unpaired) electrons. The Labute approximate surface area is 208 Å². The Morgan fingerprint density at radius 2 is 1.44 bits per heavy atom. The summed E-state index contributed by atoms with van der Waals surface area (Å²) < 4.78 is 33.6. The molecule has 0 amide bonds. The molecular formula is C23H21N2NaO5S.